The molecule has 1 aromatic rings. The van der Waals surface area contributed by atoms with Crippen molar-refractivity contribution in [3.63, 3.8) is 0 Å². The molecular weight excluding hydrogens is 248 g/mol. The van der Waals surface area contributed by atoms with Gasteiger partial charge in [-0.25, -0.2) is 8.42 Å². The smallest absolute Gasteiger partial charge is 0.214 e. The molecule has 0 saturated heterocycles. The summed E-state index contributed by atoms with van der Waals surface area (Å²) in [7, 11) is -3.10. The molecule has 2 N–H and O–H groups in total. The summed E-state index contributed by atoms with van der Waals surface area (Å²) in [6.45, 7) is 4.70. The third-order valence-corrected chi connectivity index (χ3v) is 5.32. The van der Waals surface area contributed by atoms with Crippen molar-refractivity contribution in [3.8, 4) is 0 Å². The van der Waals surface area contributed by atoms with E-state index in [-0.39, 0.29) is 11.8 Å². The van der Waals surface area contributed by atoms with E-state index in [4.69, 9.17) is 5.73 Å². The molecule has 5 heteroatoms. The maximum Gasteiger partial charge on any atom is 0.214 e. The fourth-order valence-corrected chi connectivity index (χ4v) is 3.27. The largest absolute Gasteiger partial charge is 0.324 e. The van der Waals surface area contributed by atoms with Gasteiger partial charge in [-0.2, -0.15) is 4.31 Å². The third kappa shape index (κ3) is 2.43. The van der Waals surface area contributed by atoms with E-state index in [9.17, 15) is 8.42 Å². The van der Waals surface area contributed by atoms with E-state index in [0.717, 1.165) is 23.1 Å². The molecule has 0 bridgehead atoms. The summed E-state index contributed by atoms with van der Waals surface area (Å²) in [5, 5.41) is 0. The SMILES string of the molecule is CCC(N)c1ccc2c(c1)CN(S(=O)(=O)CC)C2. The number of hydrogen-bond donors (Lipinski definition) is 1. The zero-order chi connectivity index (χ0) is 13.3. The van der Waals surface area contributed by atoms with Crippen LogP contribution in [0.1, 0.15) is 43.0 Å². The van der Waals surface area contributed by atoms with E-state index in [1.54, 1.807) is 11.2 Å². The lowest BCUT2D eigenvalue weighted by Crippen LogP contribution is -2.26. The minimum Gasteiger partial charge on any atom is -0.324 e. The Morgan fingerprint density at radius 2 is 1.94 bits per heavy atom. The minimum atomic E-state index is -3.10. The Hall–Kier alpha value is -0.910. The van der Waals surface area contributed by atoms with Crippen molar-refractivity contribution in [2.24, 2.45) is 5.73 Å². The molecule has 0 aliphatic carbocycles. The highest BCUT2D eigenvalue weighted by atomic mass is 32.2. The van der Waals surface area contributed by atoms with E-state index < -0.39 is 10.0 Å². The molecule has 18 heavy (non-hydrogen) atoms. The van der Waals surface area contributed by atoms with Crippen LogP contribution in [0.3, 0.4) is 0 Å². The predicted octanol–water partition coefficient (Wildman–Crippen LogP) is 1.76. The number of rotatable bonds is 4. The number of fused-ring (bicyclic) bond motifs is 1. The standard InChI is InChI=1S/C13H20N2O2S/c1-3-13(14)10-5-6-11-8-15(9-12(11)7-10)18(16,17)4-2/h5-7,13H,3-4,8-9,14H2,1-2H3. The molecule has 1 aliphatic rings. The zero-order valence-electron chi connectivity index (χ0n) is 10.9. The van der Waals surface area contributed by atoms with Crippen LogP contribution in [0.25, 0.3) is 0 Å². The van der Waals surface area contributed by atoms with Crippen LogP contribution in [0.4, 0.5) is 0 Å². The zero-order valence-corrected chi connectivity index (χ0v) is 11.7. The summed E-state index contributed by atoms with van der Waals surface area (Å²) in [5.41, 5.74) is 9.28. The topological polar surface area (TPSA) is 63.4 Å². The highest BCUT2D eigenvalue weighted by Crippen LogP contribution is 2.28. The van der Waals surface area contributed by atoms with Crippen molar-refractivity contribution in [3.05, 3.63) is 34.9 Å². The molecule has 1 atom stereocenters. The summed E-state index contributed by atoms with van der Waals surface area (Å²) in [6, 6.07) is 6.10. The monoisotopic (exact) mass is 268 g/mol. The van der Waals surface area contributed by atoms with E-state index in [1.807, 2.05) is 19.1 Å². The van der Waals surface area contributed by atoms with Crippen LogP contribution < -0.4 is 5.73 Å². The van der Waals surface area contributed by atoms with Crippen LogP contribution in [-0.4, -0.2) is 18.5 Å². The molecule has 100 valence electrons. The first-order chi connectivity index (χ1) is 8.47. The Balaban J connectivity index is 2.26. The van der Waals surface area contributed by atoms with Crippen molar-refractivity contribution in [2.75, 3.05) is 5.75 Å². The molecule has 0 spiro atoms. The molecule has 0 amide bonds. The first-order valence-corrected chi connectivity index (χ1v) is 7.94. The van der Waals surface area contributed by atoms with Gasteiger partial charge in [0, 0.05) is 19.1 Å². The summed E-state index contributed by atoms with van der Waals surface area (Å²) in [4.78, 5) is 0. The van der Waals surface area contributed by atoms with E-state index in [0.29, 0.717) is 13.1 Å². The van der Waals surface area contributed by atoms with Crippen LogP contribution in [0.2, 0.25) is 0 Å². The quantitative estimate of drug-likeness (QED) is 0.905. The molecule has 0 saturated carbocycles. The minimum absolute atomic E-state index is 0.0344. The van der Waals surface area contributed by atoms with Crippen LogP contribution >= 0.6 is 0 Å². The Morgan fingerprint density at radius 3 is 2.56 bits per heavy atom. The van der Waals surface area contributed by atoms with Crippen LogP contribution in [-0.2, 0) is 23.1 Å². The van der Waals surface area contributed by atoms with Crippen molar-refractivity contribution in [1.82, 2.24) is 4.31 Å². The highest BCUT2D eigenvalue weighted by molar-refractivity contribution is 7.89. The van der Waals surface area contributed by atoms with Gasteiger partial charge in [0.15, 0.2) is 0 Å². The van der Waals surface area contributed by atoms with Gasteiger partial charge in [-0.15, -0.1) is 0 Å². The van der Waals surface area contributed by atoms with Crippen molar-refractivity contribution < 1.29 is 8.42 Å². The van der Waals surface area contributed by atoms with Crippen LogP contribution in [0.15, 0.2) is 18.2 Å². The van der Waals surface area contributed by atoms with Crippen LogP contribution in [0, 0.1) is 0 Å². The van der Waals surface area contributed by atoms with E-state index >= 15 is 0 Å². The molecule has 1 heterocycles. The summed E-state index contributed by atoms with van der Waals surface area (Å²) < 4.78 is 25.2. The van der Waals surface area contributed by atoms with Crippen LogP contribution in [0.5, 0.6) is 0 Å². The van der Waals surface area contributed by atoms with Gasteiger partial charge in [0.25, 0.3) is 0 Å². The highest BCUT2D eigenvalue weighted by Gasteiger charge is 2.27. The summed E-state index contributed by atoms with van der Waals surface area (Å²) >= 11 is 0. The first kappa shape index (κ1) is 13.5. The van der Waals surface area contributed by atoms with Gasteiger partial charge in [0.05, 0.1) is 5.75 Å². The first-order valence-electron chi connectivity index (χ1n) is 6.33. The lowest BCUT2D eigenvalue weighted by molar-refractivity contribution is 0.432. The second kappa shape index (κ2) is 4.99. The number of nitrogens with two attached hydrogens (primary N) is 1. The molecular formula is C13H20N2O2S. The molecule has 0 fully saturated rings. The Bertz CT molecular complexity index is 540. The van der Waals surface area contributed by atoms with Gasteiger partial charge in [0.2, 0.25) is 10.0 Å². The summed E-state index contributed by atoms with van der Waals surface area (Å²) in [6.07, 6.45) is 0.885. The van der Waals surface area contributed by atoms with Crippen molar-refractivity contribution in [1.29, 1.82) is 0 Å². The van der Waals surface area contributed by atoms with Gasteiger partial charge in [-0.1, -0.05) is 25.1 Å². The normalized spacial score (nSPS) is 17.7. The average molecular weight is 268 g/mol. The maximum absolute atomic E-state index is 11.8. The average Bonchev–Trinajstić information content (AvgIpc) is 2.81. The molecule has 1 aliphatic heterocycles. The lowest BCUT2D eigenvalue weighted by Gasteiger charge is -2.13. The second-order valence-electron chi connectivity index (χ2n) is 4.71. The molecule has 0 aromatic heterocycles. The number of hydrogen-bond acceptors (Lipinski definition) is 3. The van der Waals surface area contributed by atoms with Gasteiger partial charge in [-0.05, 0) is 30.0 Å². The summed E-state index contributed by atoms with van der Waals surface area (Å²) in [5.74, 6) is 0.155. The van der Waals surface area contributed by atoms with Gasteiger partial charge in [0.1, 0.15) is 0 Å². The fraction of sp³-hybridized carbons (Fsp3) is 0.538. The molecule has 2 rings (SSSR count). The van der Waals surface area contributed by atoms with Crippen molar-refractivity contribution in [2.45, 2.75) is 39.4 Å². The fourth-order valence-electron chi connectivity index (χ4n) is 2.23. The third-order valence-electron chi connectivity index (χ3n) is 3.55. The molecule has 1 aromatic carbocycles. The van der Waals surface area contributed by atoms with Gasteiger partial charge in [-0.3, -0.25) is 0 Å². The second-order valence-corrected chi connectivity index (χ2v) is 6.97. The molecule has 1 unspecified atom stereocenters. The number of nitrogens with zero attached hydrogens (tertiary/aromatic N) is 1. The molecule has 0 radical (unpaired) electrons. The van der Waals surface area contributed by atoms with E-state index in [2.05, 4.69) is 6.07 Å². The van der Waals surface area contributed by atoms with E-state index in [1.165, 1.54) is 0 Å². The Morgan fingerprint density at radius 1 is 1.28 bits per heavy atom. The number of sulfonamides is 1. The van der Waals surface area contributed by atoms with Gasteiger partial charge < -0.3 is 5.73 Å². The number of benzene rings is 1. The maximum atomic E-state index is 11.8. The van der Waals surface area contributed by atoms with Gasteiger partial charge >= 0.3 is 0 Å². The Kier molecular flexibility index (Phi) is 3.75. The molecule has 4 nitrogen and oxygen atoms in total. The van der Waals surface area contributed by atoms with Crippen molar-refractivity contribution >= 4 is 10.0 Å². The Labute approximate surface area is 109 Å². The lowest BCUT2D eigenvalue weighted by atomic mass is 10.0. The predicted molar refractivity (Wildman–Crippen MR) is 72.4 cm³/mol.